The summed E-state index contributed by atoms with van der Waals surface area (Å²) in [6.07, 6.45) is 18.6. The first-order chi connectivity index (χ1) is 14.7. The Balaban J connectivity index is 1.47. The molecule has 0 bridgehead atoms. The van der Waals surface area contributed by atoms with Crippen LogP contribution in [0.2, 0.25) is 0 Å². The van der Waals surface area contributed by atoms with Crippen molar-refractivity contribution in [2.24, 2.45) is 52.3 Å². The lowest BCUT2D eigenvalue weighted by Crippen LogP contribution is -2.51. The Labute approximate surface area is 194 Å². The molecule has 0 saturated heterocycles. The van der Waals surface area contributed by atoms with Gasteiger partial charge < -0.3 is 4.74 Å². The molecule has 0 spiro atoms. The second kappa shape index (κ2) is 9.15. The monoisotopic (exact) mass is 428 g/mol. The number of hydrogen-bond donors (Lipinski definition) is 0. The number of allylic oxidation sites excluding steroid dienone is 1. The molecule has 4 rings (SSSR count). The standard InChI is InChI=1S/C30H52O/c1-8-22(20(2)3)10-9-21(4)26-13-14-27-25-12-11-23-19-24(31-7)15-17-29(23,5)28(25)16-18-30(26,27)6/h11,20-22,24-28H,8-10,12-19H2,1-7H3/t21-,22-,24?,25+,26-,27+,28+,29+,30-/m1/s1. The van der Waals surface area contributed by atoms with Crippen LogP contribution in [0.15, 0.2) is 11.6 Å². The molecule has 1 nitrogen and oxygen atoms in total. The van der Waals surface area contributed by atoms with Crippen molar-refractivity contribution in [3.8, 4) is 0 Å². The second-order valence-corrected chi connectivity index (χ2v) is 13.1. The Kier molecular flexibility index (Phi) is 7.04. The van der Waals surface area contributed by atoms with Gasteiger partial charge in [-0.3, -0.25) is 0 Å². The smallest absolute Gasteiger partial charge is 0.0608 e. The van der Waals surface area contributed by atoms with Crippen LogP contribution in [-0.2, 0) is 4.74 Å². The van der Waals surface area contributed by atoms with Crippen LogP contribution >= 0.6 is 0 Å². The maximum absolute atomic E-state index is 5.77. The molecule has 0 N–H and O–H groups in total. The first-order valence-corrected chi connectivity index (χ1v) is 14.0. The molecule has 31 heavy (non-hydrogen) atoms. The predicted molar refractivity (Wildman–Crippen MR) is 133 cm³/mol. The van der Waals surface area contributed by atoms with Crippen LogP contribution in [0.25, 0.3) is 0 Å². The lowest BCUT2D eigenvalue weighted by atomic mass is 9.47. The average Bonchev–Trinajstić information content (AvgIpc) is 3.10. The third-order valence-corrected chi connectivity index (χ3v) is 11.6. The highest BCUT2D eigenvalue weighted by Crippen LogP contribution is 2.67. The van der Waals surface area contributed by atoms with Crippen molar-refractivity contribution >= 4 is 0 Å². The highest BCUT2D eigenvalue weighted by atomic mass is 16.5. The van der Waals surface area contributed by atoms with Gasteiger partial charge in [0.05, 0.1) is 6.10 Å². The lowest BCUT2D eigenvalue weighted by Gasteiger charge is -2.58. The van der Waals surface area contributed by atoms with E-state index in [1.54, 1.807) is 5.57 Å². The van der Waals surface area contributed by atoms with Crippen molar-refractivity contribution in [1.29, 1.82) is 0 Å². The minimum absolute atomic E-state index is 0.467. The number of hydrogen-bond acceptors (Lipinski definition) is 1. The first kappa shape index (κ1) is 23.8. The van der Waals surface area contributed by atoms with E-state index in [0.29, 0.717) is 16.9 Å². The number of ether oxygens (including phenoxy) is 1. The van der Waals surface area contributed by atoms with Gasteiger partial charge in [-0.25, -0.2) is 0 Å². The van der Waals surface area contributed by atoms with Crippen LogP contribution in [0.4, 0.5) is 0 Å². The molecule has 0 aromatic rings. The maximum atomic E-state index is 5.77. The summed E-state index contributed by atoms with van der Waals surface area (Å²) in [5, 5.41) is 0. The quantitative estimate of drug-likeness (QED) is 0.368. The van der Waals surface area contributed by atoms with Gasteiger partial charge in [0.25, 0.3) is 0 Å². The summed E-state index contributed by atoms with van der Waals surface area (Å²) in [6, 6.07) is 0. The Morgan fingerprint density at radius 3 is 2.45 bits per heavy atom. The largest absolute Gasteiger partial charge is 0.381 e. The summed E-state index contributed by atoms with van der Waals surface area (Å²) >= 11 is 0. The van der Waals surface area contributed by atoms with Gasteiger partial charge in [-0.15, -0.1) is 0 Å². The SMILES string of the molecule is CC[C@H](CC[C@@H](C)[C@H]1CC[C@H]2[C@@H]3CC=C4CC(OC)CC[C@]4(C)[C@H]3CC[C@]12C)C(C)C. The zero-order chi connectivity index (χ0) is 22.4. The number of methoxy groups -OCH3 is 1. The van der Waals surface area contributed by atoms with E-state index < -0.39 is 0 Å². The molecule has 3 fully saturated rings. The van der Waals surface area contributed by atoms with Crippen molar-refractivity contribution in [3.05, 3.63) is 11.6 Å². The summed E-state index contributed by atoms with van der Waals surface area (Å²) in [4.78, 5) is 0. The Morgan fingerprint density at radius 2 is 1.77 bits per heavy atom. The fourth-order valence-corrected chi connectivity index (χ4v) is 9.49. The van der Waals surface area contributed by atoms with Crippen molar-refractivity contribution in [1.82, 2.24) is 0 Å². The van der Waals surface area contributed by atoms with Gasteiger partial charge >= 0.3 is 0 Å². The highest BCUT2D eigenvalue weighted by molar-refractivity contribution is 5.25. The zero-order valence-corrected chi connectivity index (χ0v) is 21.9. The first-order valence-electron chi connectivity index (χ1n) is 14.0. The third kappa shape index (κ3) is 4.08. The summed E-state index contributed by atoms with van der Waals surface area (Å²) in [5.41, 5.74) is 2.83. The average molecular weight is 429 g/mol. The van der Waals surface area contributed by atoms with Crippen molar-refractivity contribution in [2.75, 3.05) is 7.11 Å². The van der Waals surface area contributed by atoms with E-state index in [0.717, 1.165) is 41.4 Å². The minimum atomic E-state index is 0.467. The topological polar surface area (TPSA) is 9.23 Å². The van der Waals surface area contributed by atoms with Crippen molar-refractivity contribution < 1.29 is 4.74 Å². The van der Waals surface area contributed by atoms with E-state index >= 15 is 0 Å². The Hall–Kier alpha value is -0.300. The van der Waals surface area contributed by atoms with Gasteiger partial charge in [0.1, 0.15) is 0 Å². The van der Waals surface area contributed by atoms with Crippen molar-refractivity contribution in [2.45, 2.75) is 118 Å². The molecule has 1 heteroatoms. The van der Waals surface area contributed by atoms with Gasteiger partial charge in [0, 0.05) is 7.11 Å². The molecule has 0 aromatic carbocycles. The van der Waals surface area contributed by atoms with Gasteiger partial charge in [0.15, 0.2) is 0 Å². The fraction of sp³-hybridized carbons (Fsp3) is 0.933. The molecule has 0 radical (unpaired) electrons. The maximum Gasteiger partial charge on any atom is 0.0608 e. The van der Waals surface area contributed by atoms with Gasteiger partial charge in [0.2, 0.25) is 0 Å². The van der Waals surface area contributed by atoms with E-state index in [-0.39, 0.29) is 0 Å². The molecule has 178 valence electrons. The Morgan fingerprint density at radius 1 is 1.00 bits per heavy atom. The second-order valence-electron chi connectivity index (χ2n) is 13.1. The summed E-state index contributed by atoms with van der Waals surface area (Å²) < 4.78 is 5.77. The highest BCUT2D eigenvalue weighted by Gasteiger charge is 2.59. The number of fused-ring (bicyclic) bond motifs is 5. The van der Waals surface area contributed by atoms with Crippen molar-refractivity contribution in [3.63, 3.8) is 0 Å². The van der Waals surface area contributed by atoms with E-state index in [9.17, 15) is 0 Å². The fourth-order valence-electron chi connectivity index (χ4n) is 9.49. The molecule has 0 aliphatic heterocycles. The molecule has 4 aliphatic carbocycles. The molecule has 9 atom stereocenters. The van der Waals surface area contributed by atoms with E-state index in [4.69, 9.17) is 4.74 Å². The van der Waals surface area contributed by atoms with E-state index in [1.165, 1.54) is 70.6 Å². The Bertz CT molecular complexity index is 649. The molecular formula is C30H52O. The lowest BCUT2D eigenvalue weighted by molar-refractivity contribution is -0.0603. The molecular weight excluding hydrogens is 376 g/mol. The van der Waals surface area contributed by atoms with Crippen LogP contribution in [0.1, 0.15) is 112 Å². The molecule has 0 amide bonds. The van der Waals surface area contributed by atoms with Gasteiger partial charge in [-0.2, -0.15) is 0 Å². The van der Waals surface area contributed by atoms with Gasteiger partial charge in [-0.1, -0.05) is 66.0 Å². The van der Waals surface area contributed by atoms with Crippen LogP contribution in [-0.4, -0.2) is 13.2 Å². The normalized spacial score (nSPS) is 44.3. The van der Waals surface area contributed by atoms with Gasteiger partial charge in [-0.05, 0) is 110 Å². The molecule has 1 unspecified atom stereocenters. The zero-order valence-electron chi connectivity index (χ0n) is 21.9. The van der Waals surface area contributed by atoms with E-state index in [1.807, 2.05) is 7.11 Å². The summed E-state index contributed by atoms with van der Waals surface area (Å²) in [7, 11) is 1.91. The van der Waals surface area contributed by atoms with Crippen LogP contribution in [0.3, 0.4) is 0 Å². The van der Waals surface area contributed by atoms with E-state index in [2.05, 4.69) is 47.6 Å². The summed E-state index contributed by atoms with van der Waals surface area (Å²) in [6.45, 7) is 15.2. The number of rotatable bonds is 7. The third-order valence-electron chi connectivity index (χ3n) is 11.6. The van der Waals surface area contributed by atoms with Crippen LogP contribution < -0.4 is 0 Å². The molecule has 0 aromatic heterocycles. The van der Waals surface area contributed by atoms with Crippen LogP contribution in [0, 0.1) is 52.3 Å². The predicted octanol–water partition coefficient (Wildman–Crippen LogP) is 8.68. The molecule has 0 heterocycles. The summed E-state index contributed by atoms with van der Waals surface area (Å²) in [5.74, 6) is 6.49. The molecule has 3 saturated carbocycles. The minimum Gasteiger partial charge on any atom is -0.381 e. The van der Waals surface area contributed by atoms with Crippen LogP contribution in [0.5, 0.6) is 0 Å². The molecule has 4 aliphatic rings.